The minimum absolute atomic E-state index is 0.151. The molecule has 0 spiro atoms. The monoisotopic (exact) mass is 429 g/mol. The Kier molecular flexibility index (Phi) is 5.26. The van der Waals surface area contributed by atoms with Gasteiger partial charge >= 0.3 is 0 Å². The summed E-state index contributed by atoms with van der Waals surface area (Å²) in [4.78, 5) is 28.4. The molecule has 0 aliphatic carbocycles. The van der Waals surface area contributed by atoms with Crippen LogP contribution in [0.15, 0.2) is 36.5 Å². The molecular weight excluding hydrogens is 406 g/mol. The molecule has 4 rings (SSSR count). The number of nitrogens with zero attached hydrogens (tertiary/aromatic N) is 5. The van der Waals surface area contributed by atoms with Gasteiger partial charge in [-0.05, 0) is 50.6 Å². The first-order valence-electron chi connectivity index (χ1n) is 10.1. The molecule has 0 fully saturated rings. The Labute approximate surface area is 186 Å². The van der Waals surface area contributed by atoms with Gasteiger partial charge in [-0.1, -0.05) is 6.07 Å². The van der Waals surface area contributed by atoms with Crippen LogP contribution in [0, 0.1) is 18.3 Å². The topological polar surface area (TPSA) is 101 Å². The van der Waals surface area contributed by atoms with Crippen LogP contribution in [0.4, 0.5) is 5.82 Å². The minimum atomic E-state index is -0.757. The van der Waals surface area contributed by atoms with Crippen molar-refractivity contribution in [2.75, 3.05) is 19.1 Å². The van der Waals surface area contributed by atoms with E-state index in [2.05, 4.69) is 16.0 Å². The van der Waals surface area contributed by atoms with Gasteiger partial charge in [-0.15, -0.1) is 0 Å². The van der Waals surface area contributed by atoms with Crippen molar-refractivity contribution < 1.29 is 14.3 Å². The standard InChI is InChI=1S/C24H23N5O3/c1-14-9-16(15-10-18(31-4)22(32-5)26-11-15)27-17-12-29(23(30)21(14)17)20-8-6-7-19(28-20)24(2,3)13-25/h6-11H,12H2,1-5H3. The molecule has 0 aromatic carbocycles. The number of ether oxygens (including phenoxy) is 2. The number of carbonyl (C=O) groups excluding carboxylic acids is 1. The van der Waals surface area contributed by atoms with Crippen molar-refractivity contribution in [3.63, 3.8) is 0 Å². The minimum Gasteiger partial charge on any atom is -0.491 e. The lowest BCUT2D eigenvalue weighted by atomic mass is 9.91. The van der Waals surface area contributed by atoms with E-state index in [0.29, 0.717) is 46.6 Å². The summed E-state index contributed by atoms with van der Waals surface area (Å²) >= 11 is 0. The molecule has 8 nitrogen and oxygen atoms in total. The summed E-state index contributed by atoms with van der Waals surface area (Å²) < 4.78 is 10.6. The summed E-state index contributed by atoms with van der Waals surface area (Å²) in [5, 5.41) is 9.44. The molecule has 32 heavy (non-hydrogen) atoms. The number of pyridine rings is 3. The van der Waals surface area contributed by atoms with E-state index in [9.17, 15) is 10.1 Å². The molecule has 0 radical (unpaired) electrons. The fourth-order valence-electron chi connectivity index (χ4n) is 3.68. The third kappa shape index (κ3) is 3.52. The van der Waals surface area contributed by atoms with Crippen molar-refractivity contribution >= 4 is 11.7 Å². The van der Waals surface area contributed by atoms with Gasteiger partial charge in [0.15, 0.2) is 5.75 Å². The van der Waals surface area contributed by atoms with Crippen LogP contribution in [-0.4, -0.2) is 35.1 Å². The molecule has 0 atom stereocenters. The second-order valence-electron chi connectivity index (χ2n) is 8.09. The van der Waals surface area contributed by atoms with Crippen LogP contribution in [0.3, 0.4) is 0 Å². The first-order chi connectivity index (χ1) is 15.3. The van der Waals surface area contributed by atoms with Crippen molar-refractivity contribution in [3.8, 4) is 29.0 Å². The fourth-order valence-corrected chi connectivity index (χ4v) is 3.68. The lowest BCUT2D eigenvalue weighted by Gasteiger charge is -2.19. The second-order valence-corrected chi connectivity index (χ2v) is 8.09. The highest BCUT2D eigenvalue weighted by Gasteiger charge is 2.33. The lowest BCUT2D eigenvalue weighted by Crippen LogP contribution is -2.26. The maximum Gasteiger partial charge on any atom is 0.262 e. The van der Waals surface area contributed by atoms with E-state index in [1.54, 1.807) is 44.2 Å². The number of aromatic nitrogens is 3. The SMILES string of the molecule is COc1cc(-c2cc(C)c3c(n2)CN(c2cccc(C(C)(C)C#N)n2)C3=O)cnc1OC. The fraction of sp³-hybridized carbons (Fsp3) is 0.292. The van der Waals surface area contributed by atoms with Crippen LogP contribution < -0.4 is 14.4 Å². The van der Waals surface area contributed by atoms with E-state index in [1.807, 2.05) is 25.1 Å². The van der Waals surface area contributed by atoms with E-state index in [0.717, 1.165) is 11.1 Å². The van der Waals surface area contributed by atoms with Crippen LogP contribution in [0.2, 0.25) is 0 Å². The molecule has 162 valence electrons. The molecule has 1 aliphatic rings. The maximum absolute atomic E-state index is 13.2. The van der Waals surface area contributed by atoms with Crippen LogP contribution in [-0.2, 0) is 12.0 Å². The highest BCUT2D eigenvalue weighted by molar-refractivity contribution is 6.10. The number of methoxy groups -OCH3 is 2. The Morgan fingerprint density at radius 1 is 1.16 bits per heavy atom. The smallest absolute Gasteiger partial charge is 0.262 e. The number of hydrogen-bond acceptors (Lipinski definition) is 7. The number of anilines is 1. The third-order valence-electron chi connectivity index (χ3n) is 5.52. The molecular formula is C24H23N5O3. The van der Waals surface area contributed by atoms with Crippen molar-refractivity contribution in [1.82, 2.24) is 15.0 Å². The van der Waals surface area contributed by atoms with Gasteiger partial charge in [-0.25, -0.2) is 9.97 Å². The number of hydrogen-bond donors (Lipinski definition) is 0. The number of amides is 1. The van der Waals surface area contributed by atoms with Crippen LogP contribution in [0.5, 0.6) is 11.6 Å². The molecule has 3 aromatic rings. The highest BCUT2D eigenvalue weighted by atomic mass is 16.5. The predicted molar refractivity (Wildman–Crippen MR) is 119 cm³/mol. The third-order valence-corrected chi connectivity index (χ3v) is 5.52. The summed E-state index contributed by atoms with van der Waals surface area (Å²) in [6, 6.07) is 11.3. The Hall–Kier alpha value is -3.99. The summed E-state index contributed by atoms with van der Waals surface area (Å²) in [5.74, 6) is 1.24. The summed E-state index contributed by atoms with van der Waals surface area (Å²) in [6.07, 6.45) is 1.67. The van der Waals surface area contributed by atoms with Gasteiger partial charge in [-0.2, -0.15) is 5.26 Å². The normalized spacial score (nSPS) is 13.0. The number of nitriles is 1. The van der Waals surface area contributed by atoms with Crippen LogP contribution >= 0.6 is 0 Å². The molecule has 0 saturated heterocycles. The molecule has 3 aromatic heterocycles. The van der Waals surface area contributed by atoms with Gasteiger partial charge in [0, 0.05) is 11.8 Å². The average molecular weight is 429 g/mol. The van der Waals surface area contributed by atoms with Crippen molar-refractivity contribution in [2.24, 2.45) is 0 Å². The molecule has 0 bridgehead atoms. The predicted octanol–water partition coefficient (Wildman–Crippen LogP) is 3.83. The summed E-state index contributed by atoms with van der Waals surface area (Å²) in [7, 11) is 3.08. The molecule has 4 heterocycles. The van der Waals surface area contributed by atoms with Gasteiger partial charge < -0.3 is 9.47 Å². The van der Waals surface area contributed by atoms with E-state index in [4.69, 9.17) is 14.5 Å². The number of carbonyl (C=O) groups is 1. The van der Waals surface area contributed by atoms with Crippen molar-refractivity contribution in [2.45, 2.75) is 32.7 Å². The summed E-state index contributed by atoms with van der Waals surface area (Å²) in [6.45, 7) is 5.79. The maximum atomic E-state index is 13.2. The van der Waals surface area contributed by atoms with Gasteiger partial charge in [0.05, 0.1) is 54.9 Å². The molecule has 1 aliphatic heterocycles. The number of aryl methyl sites for hydroxylation is 1. The Balaban J connectivity index is 1.72. The first kappa shape index (κ1) is 21.2. The van der Waals surface area contributed by atoms with E-state index in [1.165, 1.54) is 7.11 Å². The lowest BCUT2D eigenvalue weighted by molar-refractivity contribution is 0.0995. The zero-order valence-electron chi connectivity index (χ0n) is 18.6. The Morgan fingerprint density at radius 2 is 1.94 bits per heavy atom. The van der Waals surface area contributed by atoms with Crippen LogP contribution in [0.1, 0.15) is 41.2 Å². The Bertz CT molecular complexity index is 1260. The summed E-state index contributed by atoms with van der Waals surface area (Å²) in [5.41, 5.74) is 3.38. The van der Waals surface area contributed by atoms with Crippen molar-refractivity contribution in [3.05, 3.63) is 59.0 Å². The largest absolute Gasteiger partial charge is 0.491 e. The van der Waals surface area contributed by atoms with Gasteiger partial charge in [-0.3, -0.25) is 14.7 Å². The number of fused-ring (bicyclic) bond motifs is 1. The van der Waals surface area contributed by atoms with Gasteiger partial charge in [0.25, 0.3) is 11.8 Å². The van der Waals surface area contributed by atoms with E-state index >= 15 is 0 Å². The van der Waals surface area contributed by atoms with Gasteiger partial charge in [0.1, 0.15) is 5.82 Å². The van der Waals surface area contributed by atoms with E-state index in [-0.39, 0.29) is 5.91 Å². The first-order valence-corrected chi connectivity index (χ1v) is 10.1. The molecule has 8 heteroatoms. The highest BCUT2D eigenvalue weighted by Crippen LogP contribution is 2.34. The molecule has 0 N–H and O–H groups in total. The van der Waals surface area contributed by atoms with E-state index < -0.39 is 5.41 Å². The van der Waals surface area contributed by atoms with Crippen LogP contribution in [0.25, 0.3) is 11.3 Å². The second kappa shape index (κ2) is 7.93. The zero-order valence-corrected chi connectivity index (χ0v) is 18.6. The van der Waals surface area contributed by atoms with Crippen molar-refractivity contribution in [1.29, 1.82) is 5.26 Å². The zero-order chi connectivity index (χ0) is 23.0. The molecule has 1 amide bonds. The van der Waals surface area contributed by atoms with Gasteiger partial charge in [0.2, 0.25) is 0 Å². The average Bonchev–Trinajstić information content (AvgIpc) is 3.15. The molecule has 0 saturated carbocycles. The molecule has 0 unspecified atom stereocenters. The quantitative estimate of drug-likeness (QED) is 0.607. The Morgan fingerprint density at radius 3 is 2.62 bits per heavy atom. The number of rotatable bonds is 5.